The van der Waals surface area contributed by atoms with E-state index in [1.54, 1.807) is 6.33 Å². The molecule has 0 saturated carbocycles. The van der Waals surface area contributed by atoms with E-state index in [9.17, 15) is 0 Å². The van der Waals surface area contributed by atoms with Crippen LogP contribution in [-0.2, 0) is 31.4 Å². The summed E-state index contributed by atoms with van der Waals surface area (Å²) in [4.78, 5) is 10.3. The number of H-pyrrole nitrogens is 1. The largest absolute Gasteiger partial charge is 0.375 e. The van der Waals surface area contributed by atoms with E-state index >= 15 is 0 Å². The molecule has 130 valence electrons. The van der Waals surface area contributed by atoms with Gasteiger partial charge in [0.15, 0.2) is 0 Å². The molecular weight excluding hydrogens is 314 g/mol. The Morgan fingerprint density at radius 1 is 1.24 bits per heavy atom. The van der Waals surface area contributed by atoms with Gasteiger partial charge in [-0.3, -0.25) is 9.58 Å². The molecule has 1 aromatic carbocycles. The highest BCUT2D eigenvalue weighted by atomic mass is 16.5. The number of aromatic nitrogens is 4. The molecule has 0 bridgehead atoms. The highest BCUT2D eigenvalue weighted by molar-refractivity contribution is 5.21. The number of ether oxygens (including phenoxy) is 1. The van der Waals surface area contributed by atoms with Crippen LogP contribution >= 0.6 is 0 Å². The van der Waals surface area contributed by atoms with Gasteiger partial charge in [-0.2, -0.15) is 5.10 Å². The molecule has 0 amide bonds. The van der Waals surface area contributed by atoms with Gasteiger partial charge in [0.2, 0.25) is 0 Å². The van der Waals surface area contributed by atoms with Gasteiger partial charge < -0.3 is 9.72 Å². The van der Waals surface area contributed by atoms with Crippen LogP contribution in [0.15, 0.2) is 49.1 Å². The summed E-state index contributed by atoms with van der Waals surface area (Å²) in [6, 6.07) is 10.5. The van der Waals surface area contributed by atoms with Crippen LogP contribution in [0.3, 0.4) is 0 Å². The van der Waals surface area contributed by atoms with Crippen molar-refractivity contribution < 1.29 is 4.74 Å². The van der Waals surface area contributed by atoms with Gasteiger partial charge in [-0.05, 0) is 5.56 Å². The maximum atomic E-state index is 6.04. The second kappa shape index (κ2) is 7.21. The normalized spacial score (nSPS) is 17.6. The lowest BCUT2D eigenvalue weighted by Gasteiger charge is -2.34. The van der Waals surface area contributed by atoms with Crippen LogP contribution in [0, 0.1) is 0 Å². The number of aryl methyl sites for hydroxylation is 1. The van der Waals surface area contributed by atoms with E-state index < -0.39 is 0 Å². The Morgan fingerprint density at radius 3 is 2.92 bits per heavy atom. The monoisotopic (exact) mass is 337 g/mol. The van der Waals surface area contributed by atoms with Crippen molar-refractivity contribution in [3.63, 3.8) is 0 Å². The number of imidazole rings is 1. The number of aromatic amines is 1. The molecule has 1 aliphatic heterocycles. The number of rotatable bonds is 6. The molecule has 0 aliphatic carbocycles. The van der Waals surface area contributed by atoms with E-state index in [4.69, 9.17) is 4.74 Å². The van der Waals surface area contributed by atoms with Crippen molar-refractivity contribution in [2.24, 2.45) is 7.05 Å². The lowest BCUT2D eigenvalue weighted by atomic mass is 10.0. The van der Waals surface area contributed by atoms with Crippen LogP contribution in [0.1, 0.15) is 28.6 Å². The summed E-state index contributed by atoms with van der Waals surface area (Å²) in [6.45, 7) is 3.10. The van der Waals surface area contributed by atoms with Crippen molar-refractivity contribution in [1.29, 1.82) is 0 Å². The van der Waals surface area contributed by atoms with Crippen LogP contribution in [0.5, 0.6) is 0 Å². The number of nitrogens with zero attached hydrogens (tertiary/aromatic N) is 4. The Balaban J connectivity index is 1.46. The van der Waals surface area contributed by atoms with Gasteiger partial charge in [0.1, 0.15) is 0 Å². The van der Waals surface area contributed by atoms with Crippen LogP contribution in [0.2, 0.25) is 0 Å². The Morgan fingerprint density at radius 2 is 2.12 bits per heavy atom. The van der Waals surface area contributed by atoms with Crippen molar-refractivity contribution in [2.45, 2.75) is 25.6 Å². The van der Waals surface area contributed by atoms with Crippen molar-refractivity contribution in [3.8, 4) is 0 Å². The molecule has 6 nitrogen and oxygen atoms in total. The lowest BCUT2D eigenvalue weighted by Crippen LogP contribution is -2.37. The minimum atomic E-state index is 0.166. The fourth-order valence-corrected chi connectivity index (χ4v) is 3.43. The van der Waals surface area contributed by atoms with Crippen molar-refractivity contribution in [2.75, 3.05) is 13.2 Å². The molecule has 4 rings (SSSR count). The van der Waals surface area contributed by atoms with Gasteiger partial charge in [0.25, 0.3) is 0 Å². The zero-order valence-electron chi connectivity index (χ0n) is 14.4. The smallest absolute Gasteiger partial charge is 0.0925 e. The van der Waals surface area contributed by atoms with Crippen molar-refractivity contribution in [1.82, 2.24) is 24.6 Å². The first kappa shape index (κ1) is 16.1. The predicted molar refractivity (Wildman–Crippen MR) is 94.7 cm³/mol. The van der Waals surface area contributed by atoms with Crippen LogP contribution in [-0.4, -0.2) is 37.8 Å². The lowest BCUT2D eigenvalue weighted by molar-refractivity contribution is 0.0392. The first-order valence-electron chi connectivity index (χ1n) is 8.65. The summed E-state index contributed by atoms with van der Waals surface area (Å²) in [5.41, 5.74) is 4.76. The van der Waals surface area contributed by atoms with Crippen molar-refractivity contribution in [3.05, 3.63) is 71.6 Å². The molecular formula is C19H23N5O. The third-order valence-electron chi connectivity index (χ3n) is 4.69. The van der Waals surface area contributed by atoms with Crippen LogP contribution in [0.25, 0.3) is 0 Å². The Bertz CT molecular complexity index is 810. The number of benzene rings is 1. The van der Waals surface area contributed by atoms with Crippen molar-refractivity contribution >= 4 is 0 Å². The maximum absolute atomic E-state index is 6.04. The van der Waals surface area contributed by atoms with Gasteiger partial charge in [-0.15, -0.1) is 0 Å². The van der Waals surface area contributed by atoms with Gasteiger partial charge >= 0.3 is 0 Å². The Hall–Kier alpha value is -2.44. The molecule has 2 aromatic heterocycles. The van der Waals surface area contributed by atoms with E-state index in [-0.39, 0.29) is 6.04 Å². The molecule has 0 unspecified atom stereocenters. The van der Waals surface area contributed by atoms with Gasteiger partial charge in [-0.1, -0.05) is 30.3 Å². The van der Waals surface area contributed by atoms with E-state index in [0.29, 0.717) is 13.2 Å². The third kappa shape index (κ3) is 3.65. The van der Waals surface area contributed by atoms with E-state index in [2.05, 4.69) is 38.3 Å². The summed E-state index contributed by atoms with van der Waals surface area (Å²) in [7, 11) is 1.95. The Kier molecular flexibility index (Phi) is 4.63. The first-order chi connectivity index (χ1) is 12.3. The van der Waals surface area contributed by atoms with E-state index in [1.165, 1.54) is 16.8 Å². The van der Waals surface area contributed by atoms with Gasteiger partial charge in [0, 0.05) is 44.0 Å². The number of nitrogens with one attached hydrogen (secondary N) is 1. The molecule has 6 heteroatoms. The molecule has 1 N–H and O–H groups in total. The quantitative estimate of drug-likeness (QED) is 0.751. The molecule has 0 fully saturated rings. The maximum Gasteiger partial charge on any atom is 0.0925 e. The van der Waals surface area contributed by atoms with Crippen LogP contribution < -0.4 is 0 Å². The molecule has 1 atom stereocenters. The zero-order valence-corrected chi connectivity index (χ0v) is 14.4. The molecule has 0 spiro atoms. The topological polar surface area (TPSA) is 59.0 Å². The fraction of sp³-hybridized carbons (Fsp3) is 0.368. The van der Waals surface area contributed by atoms with Gasteiger partial charge in [0.05, 0.1) is 37.5 Å². The average molecular weight is 337 g/mol. The molecule has 3 heterocycles. The summed E-state index contributed by atoms with van der Waals surface area (Å²) >= 11 is 0. The highest BCUT2D eigenvalue weighted by Crippen LogP contribution is 2.29. The second-order valence-electron chi connectivity index (χ2n) is 6.53. The minimum Gasteiger partial charge on any atom is -0.375 e. The van der Waals surface area contributed by atoms with E-state index in [0.717, 1.165) is 25.2 Å². The average Bonchev–Trinajstić information content (AvgIpc) is 3.26. The first-order valence-corrected chi connectivity index (χ1v) is 8.65. The zero-order chi connectivity index (χ0) is 17.1. The fourth-order valence-electron chi connectivity index (χ4n) is 3.43. The molecule has 3 aromatic rings. The second-order valence-corrected chi connectivity index (χ2v) is 6.53. The summed E-state index contributed by atoms with van der Waals surface area (Å²) in [5, 5.41) is 4.28. The minimum absolute atomic E-state index is 0.166. The molecule has 25 heavy (non-hydrogen) atoms. The number of hydrogen-bond donors (Lipinski definition) is 1. The predicted octanol–water partition coefficient (Wildman–Crippen LogP) is 2.46. The highest BCUT2D eigenvalue weighted by Gasteiger charge is 2.30. The summed E-state index contributed by atoms with van der Waals surface area (Å²) < 4.78 is 7.89. The summed E-state index contributed by atoms with van der Waals surface area (Å²) in [6.07, 6.45) is 6.79. The van der Waals surface area contributed by atoms with E-state index in [1.807, 2.05) is 36.1 Å². The standard InChI is InChI=1S/C19H23N5O/c1-23-10-16(9-22-23)11-24-8-7-17-19(21-14-20-17)18(24)13-25-12-15-5-3-2-4-6-15/h2-6,9-10,14,18H,7-8,11-13H2,1H3,(H,20,21)/t18-/m0/s1. The van der Waals surface area contributed by atoms with Gasteiger partial charge in [-0.25, -0.2) is 4.98 Å². The molecule has 0 saturated heterocycles. The molecule has 1 aliphatic rings. The van der Waals surface area contributed by atoms with Crippen LogP contribution in [0.4, 0.5) is 0 Å². The number of hydrogen-bond acceptors (Lipinski definition) is 4. The Labute approximate surface area is 147 Å². The SMILES string of the molecule is Cn1cc(CN2CCc3[nH]cnc3[C@@H]2COCc2ccccc2)cn1. The third-order valence-corrected chi connectivity index (χ3v) is 4.69. The summed E-state index contributed by atoms with van der Waals surface area (Å²) in [5.74, 6) is 0. The number of fused-ring (bicyclic) bond motifs is 1. The molecule has 0 radical (unpaired) electrons.